The Morgan fingerprint density at radius 1 is 1.03 bits per heavy atom. The highest BCUT2D eigenvalue weighted by Gasteiger charge is 2.30. The van der Waals surface area contributed by atoms with Gasteiger partial charge in [-0.25, -0.2) is 0 Å². The van der Waals surface area contributed by atoms with Crippen LogP contribution in [0, 0.1) is 0 Å². The summed E-state index contributed by atoms with van der Waals surface area (Å²) in [6.07, 6.45) is 5.86. The molecule has 2 amide bonds. The Labute approximate surface area is 210 Å². The first-order chi connectivity index (χ1) is 15.9. The fraction of sp³-hybridized carbons (Fsp3) is 0.440. The first-order valence-electron chi connectivity index (χ1n) is 11.3. The first-order valence-corrected chi connectivity index (χ1v) is 12.4. The molecule has 8 heteroatoms. The summed E-state index contributed by atoms with van der Waals surface area (Å²) in [6, 6.07) is 11.5. The van der Waals surface area contributed by atoms with Crippen molar-refractivity contribution in [2.45, 2.75) is 64.1 Å². The molecule has 3 rings (SSSR count). The van der Waals surface area contributed by atoms with Crippen LogP contribution in [0.25, 0.3) is 0 Å². The maximum Gasteiger partial charge on any atom is 0.261 e. The van der Waals surface area contributed by atoms with Gasteiger partial charge in [-0.3, -0.25) is 9.59 Å². The molecule has 1 N–H and O–H groups in total. The molecule has 1 fully saturated rings. The molecule has 5 nitrogen and oxygen atoms in total. The quantitative estimate of drug-likeness (QED) is 0.431. The number of benzene rings is 2. The molecule has 178 valence electrons. The highest BCUT2D eigenvalue weighted by molar-refractivity contribution is 6.42. The van der Waals surface area contributed by atoms with Crippen LogP contribution >= 0.6 is 34.8 Å². The Kier molecular flexibility index (Phi) is 9.72. The van der Waals surface area contributed by atoms with Gasteiger partial charge in [-0.1, -0.05) is 67.1 Å². The van der Waals surface area contributed by atoms with Gasteiger partial charge in [0.15, 0.2) is 6.61 Å². The molecular formula is C25H29Cl3N2O3. The van der Waals surface area contributed by atoms with E-state index in [0.717, 1.165) is 31.2 Å². The molecule has 33 heavy (non-hydrogen) atoms. The van der Waals surface area contributed by atoms with Crippen molar-refractivity contribution in [3.63, 3.8) is 0 Å². The number of halogens is 3. The molecule has 2 aromatic rings. The van der Waals surface area contributed by atoms with Gasteiger partial charge < -0.3 is 15.0 Å². The highest BCUT2D eigenvalue weighted by atomic mass is 35.5. The summed E-state index contributed by atoms with van der Waals surface area (Å²) in [5.41, 5.74) is 0.785. The number of ether oxygens (including phenoxy) is 1. The van der Waals surface area contributed by atoms with Gasteiger partial charge in [0.05, 0.1) is 10.0 Å². The molecule has 0 saturated heterocycles. The number of hydrogen-bond acceptors (Lipinski definition) is 3. The van der Waals surface area contributed by atoms with E-state index >= 15 is 0 Å². The highest BCUT2D eigenvalue weighted by Crippen LogP contribution is 2.25. The van der Waals surface area contributed by atoms with Gasteiger partial charge in [0, 0.05) is 17.6 Å². The summed E-state index contributed by atoms with van der Waals surface area (Å²) < 4.78 is 5.68. The number of nitrogens with zero attached hydrogens (tertiary/aromatic N) is 1. The molecule has 2 aromatic carbocycles. The van der Waals surface area contributed by atoms with Gasteiger partial charge in [0.1, 0.15) is 11.8 Å². The molecule has 1 aliphatic rings. The topological polar surface area (TPSA) is 58.6 Å². The van der Waals surface area contributed by atoms with Crippen molar-refractivity contribution in [3.8, 4) is 5.75 Å². The molecule has 0 radical (unpaired) electrons. The Balaban J connectivity index is 1.77. The van der Waals surface area contributed by atoms with E-state index in [1.807, 2.05) is 6.92 Å². The summed E-state index contributed by atoms with van der Waals surface area (Å²) in [5, 5.41) is 4.58. The lowest BCUT2D eigenvalue weighted by atomic mass is 9.95. The van der Waals surface area contributed by atoms with Crippen LogP contribution in [-0.2, 0) is 16.1 Å². The minimum atomic E-state index is -0.623. The van der Waals surface area contributed by atoms with Crippen LogP contribution in [0.15, 0.2) is 42.5 Å². The Morgan fingerprint density at radius 3 is 2.36 bits per heavy atom. The summed E-state index contributed by atoms with van der Waals surface area (Å²) in [4.78, 5) is 28.0. The predicted octanol–water partition coefficient (Wildman–Crippen LogP) is 6.28. The van der Waals surface area contributed by atoms with Crippen molar-refractivity contribution >= 4 is 46.6 Å². The molecule has 1 saturated carbocycles. The molecule has 0 unspecified atom stereocenters. The fourth-order valence-electron chi connectivity index (χ4n) is 4.06. The van der Waals surface area contributed by atoms with E-state index in [1.54, 1.807) is 47.4 Å². The molecule has 0 spiro atoms. The third-order valence-electron chi connectivity index (χ3n) is 5.85. The van der Waals surface area contributed by atoms with Crippen LogP contribution in [0.3, 0.4) is 0 Å². The van der Waals surface area contributed by atoms with Gasteiger partial charge in [0.25, 0.3) is 5.91 Å². The standard InChI is InChI=1S/C25H29Cl3N2O3/c1-2-23(25(32)29-19-6-4-3-5-7-19)30(15-17-8-13-21(27)22(28)14-17)24(31)16-33-20-11-9-18(26)10-12-20/h8-14,19,23H,2-7,15-16H2,1H3,(H,29,32)/t23-/m0/s1. The molecule has 1 atom stereocenters. The van der Waals surface area contributed by atoms with Crippen molar-refractivity contribution in [2.24, 2.45) is 0 Å². The van der Waals surface area contributed by atoms with E-state index in [4.69, 9.17) is 39.5 Å². The van der Waals surface area contributed by atoms with Gasteiger partial charge in [0.2, 0.25) is 5.91 Å². The van der Waals surface area contributed by atoms with E-state index in [0.29, 0.717) is 27.2 Å². The normalized spacial score (nSPS) is 15.0. The average molecular weight is 512 g/mol. The van der Waals surface area contributed by atoms with E-state index in [9.17, 15) is 9.59 Å². The Bertz CT molecular complexity index is 946. The van der Waals surface area contributed by atoms with Crippen molar-refractivity contribution in [1.29, 1.82) is 0 Å². The van der Waals surface area contributed by atoms with Gasteiger partial charge in [-0.05, 0) is 61.2 Å². The van der Waals surface area contributed by atoms with Gasteiger partial charge >= 0.3 is 0 Å². The third kappa shape index (κ3) is 7.53. The van der Waals surface area contributed by atoms with Crippen molar-refractivity contribution in [3.05, 3.63) is 63.1 Å². The van der Waals surface area contributed by atoms with Crippen LogP contribution in [0.2, 0.25) is 15.1 Å². The fourth-order valence-corrected chi connectivity index (χ4v) is 4.50. The van der Waals surface area contributed by atoms with E-state index in [1.165, 1.54) is 6.42 Å². The number of rotatable bonds is 9. The lowest BCUT2D eigenvalue weighted by Gasteiger charge is -2.32. The maximum atomic E-state index is 13.3. The third-order valence-corrected chi connectivity index (χ3v) is 6.84. The summed E-state index contributed by atoms with van der Waals surface area (Å²) in [7, 11) is 0. The average Bonchev–Trinajstić information content (AvgIpc) is 2.81. The molecule has 0 heterocycles. The van der Waals surface area contributed by atoms with Crippen molar-refractivity contribution < 1.29 is 14.3 Å². The second-order valence-corrected chi connectivity index (χ2v) is 9.53. The largest absolute Gasteiger partial charge is 0.484 e. The molecule has 1 aliphatic carbocycles. The zero-order valence-electron chi connectivity index (χ0n) is 18.7. The molecule has 0 aliphatic heterocycles. The second kappa shape index (κ2) is 12.5. The lowest BCUT2D eigenvalue weighted by molar-refractivity contribution is -0.143. The Hall–Kier alpha value is -1.95. The number of amides is 2. The second-order valence-electron chi connectivity index (χ2n) is 8.28. The first kappa shape index (κ1) is 25.7. The maximum absolute atomic E-state index is 13.3. The minimum absolute atomic E-state index is 0.135. The van der Waals surface area contributed by atoms with Gasteiger partial charge in [-0.2, -0.15) is 0 Å². The summed E-state index contributed by atoms with van der Waals surface area (Å²) in [5.74, 6) is 0.105. The minimum Gasteiger partial charge on any atom is -0.484 e. The summed E-state index contributed by atoms with van der Waals surface area (Å²) in [6.45, 7) is 1.92. The zero-order valence-corrected chi connectivity index (χ0v) is 20.9. The van der Waals surface area contributed by atoms with Crippen LogP contribution in [0.4, 0.5) is 0 Å². The van der Waals surface area contributed by atoms with Crippen LogP contribution in [-0.4, -0.2) is 35.4 Å². The van der Waals surface area contributed by atoms with Crippen LogP contribution in [0.5, 0.6) is 5.75 Å². The number of nitrogens with one attached hydrogen (secondary N) is 1. The van der Waals surface area contributed by atoms with Gasteiger partial charge in [-0.15, -0.1) is 0 Å². The molecule has 0 bridgehead atoms. The summed E-state index contributed by atoms with van der Waals surface area (Å²) >= 11 is 18.2. The smallest absolute Gasteiger partial charge is 0.261 e. The zero-order chi connectivity index (χ0) is 23.8. The van der Waals surface area contributed by atoms with Crippen LogP contribution in [0.1, 0.15) is 51.0 Å². The van der Waals surface area contributed by atoms with E-state index < -0.39 is 6.04 Å². The number of hydrogen-bond donors (Lipinski definition) is 1. The number of carbonyl (C=O) groups is 2. The van der Waals surface area contributed by atoms with Crippen molar-refractivity contribution in [1.82, 2.24) is 10.2 Å². The predicted molar refractivity (Wildman–Crippen MR) is 133 cm³/mol. The SMILES string of the molecule is CC[C@@H](C(=O)NC1CCCCC1)N(Cc1ccc(Cl)c(Cl)c1)C(=O)COc1ccc(Cl)cc1. The number of carbonyl (C=O) groups excluding carboxylic acids is 2. The molecular weight excluding hydrogens is 483 g/mol. The lowest BCUT2D eigenvalue weighted by Crippen LogP contribution is -2.52. The molecule has 0 aromatic heterocycles. The monoisotopic (exact) mass is 510 g/mol. The van der Waals surface area contributed by atoms with E-state index in [-0.39, 0.29) is 31.0 Å². The van der Waals surface area contributed by atoms with Crippen molar-refractivity contribution in [2.75, 3.05) is 6.61 Å². The van der Waals surface area contributed by atoms with Crippen LogP contribution < -0.4 is 10.1 Å². The van der Waals surface area contributed by atoms with E-state index in [2.05, 4.69) is 5.32 Å². The Morgan fingerprint density at radius 2 is 1.73 bits per heavy atom.